The normalized spacial score (nSPS) is 16.1. The number of rotatable bonds is 2. The molecule has 138 valence electrons. The Morgan fingerprint density at radius 2 is 1.93 bits per heavy atom. The molecule has 0 radical (unpaired) electrons. The molecule has 0 amide bonds. The largest absolute Gasteiger partial charge is 0.292 e. The van der Waals surface area contributed by atoms with Gasteiger partial charge in [-0.3, -0.25) is 15.2 Å². The monoisotopic (exact) mass is 376 g/mol. The zero-order valence-corrected chi connectivity index (χ0v) is 14.8. The Balaban J connectivity index is 1.77. The smallest absolute Gasteiger partial charge is 0.224 e. The van der Waals surface area contributed by atoms with Crippen LogP contribution in [0, 0.1) is 23.0 Å². The van der Waals surface area contributed by atoms with Crippen LogP contribution in [0.2, 0.25) is 0 Å². The van der Waals surface area contributed by atoms with Gasteiger partial charge in [0.2, 0.25) is 5.78 Å². The van der Waals surface area contributed by atoms with Gasteiger partial charge in [0.15, 0.2) is 5.84 Å². The summed E-state index contributed by atoms with van der Waals surface area (Å²) in [6.07, 6.45) is 1.41. The average molecular weight is 376 g/mol. The first kappa shape index (κ1) is 17.6. The molecule has 2 aliphatic rings. The number of hydrazine groups is 1. The Morgan fingerprint density at radius 1 is 1.18 bits per heavy atom. The molecule has 28 heavy (non-hydrogen) atoms. The van der Waals surface area contributed by atoms with Gasteiger partial charge in [-0.25, -0.2) is 13.8 Å². The Bertz CT molecular complexity index is 1120. The van der Waals surface area contributed by atoms with Crippen molar-refractivity contribution in [1.82, 2.24) is 10.4 Å². The van der Waals surface area contributed by atoms with Crippen molar-refractivity contribution in [3.63, 3.8) is 0 Å². The molecule has 2 aliphatic heterocycles. The molecule has 2 aromatic rings. The quantitative estimate of drug-likeness (QED) is 0.872. The number of carbonyl (C=O) groups excluding carboxylic acids is 1. The van der Waals surface area contributed by atoms with Crippen molar-refractivity contribution in [2.45, 2.75) is 6.92 Å². The van der Waals surface area contributed by atoms with Crippen LogP contribution in [0.3, 0.4) is 0 Å². The number of nitriles is 1. The summed E-state index contributed by atoms with van der Waals surface area (Å²) in [6.45, 7) is 2.02. The lowest BCUT2D eigenvalue weighted by Crippen LogP contribution is -2.49. The molecule has 0 bridgehead atoms. The van der Waals surface area contributed by atoms with Gasteiger partial charge in [0.05, 0.1) is 29.6 Å². The van der Waals surface area contributed by atoms with E-state index in [9.17, 15) is 13.6 Å². The molecule has 0 atom stereocenters. The summed E-state index contributed by atoms with van der Waals surface area (Å²) in [5.41, 5.74) is 6.11. The summed E-state index contributed by atoms with van der Waals surface area (Å²) in [4.78, 5) is 16.9. The number of benzene rings is 2. The van der Waals surface area contributed by atoms with E-state index in [-0.39, 0.29) is 23.7 Å². The van der Waals surface area contributed by atoms with Gasteiger partial charge in [-0.15, -0.1) is 0 Å². The molecule has 4 rings (SSSR count). The number of hydrogen-bond donors (Lipinski definition) is 1. The third-order valence-electron chi connectivity index (χ3n) is 4.54. The predicted molar refractivity (Wildman–Crippen MR) is 100 cm³/mol. The van der Waals surface area contributed by atoms with Crippen molar-refractivity contribution in [2.24, 2.45) is 4.99 Å². The van der Waals surface area contributed by atoms with E-state index in [0.29, 0.717) is 22.5 Å². The SMILES string of the molecule is CC1=C(c2ccc(F)cc2F)N2NC(c3ccc(C#N)cc3)=CC(=O)C2=NC1. The number of fused-ring (bicyclic) bond motifs is 1. The summed E-state index contributed by atoms with van der Waals surface area (Å²) in [6, 6.07) is 12.1. The maximum Gasteiger partial charge on any atom is 0.224 e. The summed E-state index contributed by atoms with van der Waals surface area (Å²) < 4.78 is 27.8. The third-order valence-corrected chi connectivity index (χ3v) is 4.54. The van der Waals surface area contributed by atoms with Crippen LogP contribution in [-0.2, 0) is 4.79 Å². The zero-order valence-electron chi connectivity index (χ0n) is 14.8. The maximum absolute atomic E-state index is 14.5. The van der Waals surface area contributed by atoms with Crippen molar-refractivity contribution < 1.29 is 13.6 Å². The van der Waals surface area contributed by atoms with Crippen molar-refractivity contribution in [3.8, 4) is 6.07 Å². The Labute approximate surface area is 159 Å². The molecule has 0 saturated carbocycles. The predicted octanol–water partition coefficient (Wildman–Crippen LogP) is 3.41. The van der Waals surface area contributed by atoms with E-state index >= 15 is 0 Å². The number of amidine groups is 1. The highest BCUT2D eigenvalue weighted by Gasteiger charge is 2.33. The van der Waals surface area contributed by atoms with E-state index in [1.54, 1.807) is 31.2 Å². The van der Waals surface area contributed by atoms with Gasteiger partial charge >= 0.3 is 0 Å². The van der Waals surface area contributed by atoms with Crippen LogP contribution in [0.1, 0.15) is 23.6 Å². The van der Waals surface area contributed by atoms with Gasteiger partial charge in [0.25, 0.3) is 0 Å². The molecular formula is C21H14F2N4O. The summed E-state index contributed by atoms with van der Waals surface area (Å²) in [5.74, 6) is -1.59. The maximum atomic E-state index is 14.5. The molecule has 0 aromatic heterocycles. The van der Waals surface area contributed by atoms with Crippen LogP contribution >= 0.6 is 0 Å². The molecular weight excluding hydrogens is 362 g/mol. The summed E-state index contributed by atoms with van der Waals surface area (Å²) in [7, 11) is 0. The van der Waals surface area contributed by atoms with E-state index in [2.05, 4.69) is 10.4 Å². The van der Waals surface area contributed by atoms with Crippen LogP contribution in [0.25, 0.3) is 11.4 Å². The highest BCUT2D eigenvalue weighted by Crippen LogP contribution is 2.31. The van der Waals surface area contributed by atoms with Crippen molar-refractivity contribution in [1.29, 1.82) is 5.26 Å². The average Bonchev–Trinajstić information content (AvgIpc) is 2.69. The number of nitrogens with one attached hydrogen (secondary N) is 1. The Hall–Kier alpha value is -3.79. The zero-order chi connectivity index (χ0) is 19.8. The van der Waals surface area contributed by atoms with Crippen molar-refractivity contribution in [2.75, 3.05) is 6.54 Å². The first-order chi connectivity index (χ1) is 13.5. The van der Waals surface area contributed by atoms with Gasteiger partial charge in [-0.1, -0.05) is 12.1 Å². The van der Waals surface area contributed by atoms with E-state index in [0.717, 1.165) is 11.6 Å². The fraction of sp³-hybridized carbons (Fsp3) is 0.0952. The standard InChI is InChI=1S/C21H14F2N4O/c1-12-11-25-21-19(28)9-18(14-4-2-13(10-24)3-5-14)26-27(21)20(12)16-7-6-15(22)8-17(16)23/h2-9,26H,11H2,1H3. The minimum absolute atomic E-state index is 0.140. The number of nitrogens with zero attached hydrogens (tertiary/aromatic N) is 3. The van der Waals surface area contributed by atoms with E-state index in [1.807, 2.05) is 6.07 Å². The number of halogens is 2. The molecule has 7 heteroatoms. The number of ketones is 1. The van der Waals surface area contributed by atoms with Crippen LogP contribution in [-0.4, -0.2) is 23.2 Å². The van der Waals surface area contributed by atoms with Gasteiger partial charge in [0.1, 0.15) is 11.6 Å². The van der Waals surface area contributed by atoms with Gasteiger partial charge in [-0.2, -0.15) is 5.26 Å². The molecule has 2 heterocycles. The number of carbonyl (C=O) groups is 1. The van der Waals surface area contributed by atoms with Crippen molar-refractivity contribution >= 4 is 23.0 Å². The van der Waals surface area contributed by atoms with Gasteiger partial charge in [-0.05, 0) is 42.3 Å². The van der Waals surface area contributed by atoms with Crippen LogP contribution < -0.4 is 5.43 Å². The molecule has 0 fully saturated rings. The molecule has 0 saturated heterocycles. The minimum atomic E-state index is -0.723. The van der Waals surface area contributed by atoms with E-state index in [1.165, 1.54) is 23.2 Å². The topological polar surface area (TPSA) is 68.5 Å². The fourth-order valence-corrected chi connectivity index (χ4v) is 3.19. The fourth-order valence-electron chi connectivity index (χ4n) is 3.19. The van der Waals surface area contributed by atoms with Crippen LogP contribution in [0.5, 0.6) is 0 Å². The lowest BCUT2D eigenvalue weighted by molar-refractivity contribution is -0.109. The first-order valence-electron chi connectivity index (χ1n) is 8.51. The highest BCUT2D eigenvalue weighted by molar-refractivity contribution is 6.46. The first-order valence-corrected chi connectivity index (χ1v) is 8.51. The minimum Gasteiger partial charge on any atom is -0.292 e. The highest BCUT2D eigenvalue weighted by atomic mass is 19.1. The molecule has 0 unspecified atom stereocenters. The number of aliphatic imine (C=N–C) groups is 1. The summed E-state index contributed by atoms with van der Waals surface area (Å²) in [5, 5.41) is 10.4. The third kappa shape index (κ3) is 2.95. The lowest BCUT2D eigenvalue weighted by Gasteiger charge is -2.36. The van der Waals surface area contributed by atoms with Gasteiger partial charge in [0, 0.05) is 17.7 Å². The molecule has 5 nitrogen and oxygen atoms in total. The van der Waals surface area contributed by atoms with Crippen LogP contribution in [0.4, 0.5) is 8.78 Å². The second-order valence-electron chi connectivity index (χ2n) is 6.45. The Kier molecular flexibility index (Phi) is 4.24. The van der Waals surface area contributed by atoms with Gasteiger partial charge < -0.3 is 0 Å². The molecule has 2 aromatic carbocycles. The second kappa shape index (κ2) is 6.74. The lowest BCUT2D eigenvalue weighted by atomic mass is 10.0. The number of hydrogen-bond acceptors (Lipinski definition) is 5. The molecule has 1 N–H and O–H groups in total. The Morgan fingerprint density at radius 3 is 2.61 bits per heavy atom. The van der Waals surface area contributed by atoms with E-state index in [4.69, 9.17) is 5.26 Å². The summed E-state index contributed by atoms with van der Waals surface area (Å²) >= 11 is 0. The molecule has 0 spiro atoms. The molecule has 0 aliphatic carbocycles. The van der Waals surface area contributed by atoms with Crippen molar-refractivity contribution in [3.05, 3.63) is 82.4 Å². The van der Waals surface area contributed by atoms with Crippen LogP contribution in [0.15, 0.2) is 59.1 Å². The second-order valence-corrected chi connectivity index (χ2v) is 6.45. The van der Waals surface area contributed by atoms with E-state index < -0.39 is 11.6 Å².